The normalized spacial score (nSPS) is 21.3. The van der Waals surface area contributed by atoms with E-state index in [0.717, 1.165) is 30.7 Å². The molecular weight excluding hydrogens is 248 g/mol. The van der Waals surface area contributed by atoms with Gasteiger partial charge in [0.1, 0.15) is 11.9 Å². The molecular formula is C17H20N2O. The van der Waals surface area contributed by atoms with Crippen molar-refractivity contribution in [2.45, 2.75) is 38.7 Å². The van der Waals surface area contributed by atoms with Crippen LogP contribution in [0, 0.1) is 0 Å². The Bertz CT molecular complexity index is 680. The second-order valence-corrected chi connectivity index (χ2v) is 6.05. The number of rotatable bonds is 0. The quantitative estimate of drug-likeness (QED) is 0.733. The predicted octanol–water partition coefficient (Wildman–Crippen LogP) is 3.33. The van der Waals surface area contributed by atoms with Crippen molar-refractivity contribution in [3.63, 3.8) is 0 Å². The topological polar surface area (TPSA) is 25.4 Å². The lowest BCUT2D eigenvalue weighted by Gasteiger charge is -2.26. The molecule has 3 nitrogen and oxygen atoms in total. The van der Waals surface area contributed by atoms with Gasteiger partial charge in [0.05, 0.1) is 23.1 Å². The summed E-state index contributed by atoms with van der Waals surface area (Å²) >= 11 is 0. The number of benzene rings is 1. The Kier molecular flexibility index (Phi) is 2.62. The van der Waals surface area contributed by atoms with Crippen LogP contribution in [0.15, 0.2) is 18.2 Å². The highest BCUT2D eigenvalue weighted by atomic mass is 16.5. The van der Waals surface area contributed by atoms with Gasteiger partial charge in [-0.3, -0.25) is 4.98 Å². The van der Waals surface area contributed by atoms with Gasteiger partial charge >= 0.3 is 0 Å². The molecule has 2 heterocycles. The maximum absolute atomic E-state index is 6.11. The van der Waals surface area contributed by atoms with Crippen molar-refractivity contribution in [3.8, 4) is 5.75 Å². The molecule has 2 aliphatic rings. The number of likely N-dealkylation sites (N-methyl/N-ethyl adjacent to an activating group) is 1. The van der Waals surface area contributed by atoms with Gasteiger partial charge in [-0.05, 0) is 50.3 Å². The van der Waals surface area contributed by atoms with E-state index in [4.69, 9.17) is 9.72 Å². The number of hydrogen-bond acceptors (Lipinski definition) is 3. The molecule has 4 rings (SSSR count). The van der Waals surface area contributed by atoms with Crippen LogP contribution >= 0.6 is 0 Å². The molecule has 1 aromatic carbocycles. The SMILES string of the molecule is CC1CN(C)c2c3c(nc4cccc(c24)O1)CCCC3. The van der Waals surface area contributed by atoms with Crippen LogP contribution in [-0.4, -0.2) is 24.7 Å². The monoisotopic (exact) mass is 268 g/mol. The van der Waals surface area contributed by atoms with Crippen LogP contribution in [0.3, 0.4) is 0 Å². The third-order valence-electron chi connectivity index (χ3n) is 4.46. The highest BCUT2D eigenvalue weighted by Crippen LogP contribution is 2.41. The minimum Gasteiger partial charge on any atom is -0.488 e. The van der Waals surface area contributed by atoms with Gasteiger partial charge in [-0.25, -0.2) is 0 Å². The van der Waals surface area contributed by atoms with E-state index in [2.05, 4.69) is 37.1 Å². The zero-order valence-electron chi connectivity index (χ0n) is 12.1. The average molecular weight is 268 g/mol. The number of hydrogen-bond donors (Lipinski definition) is 0. The minimum absolute atomic E-state index is 0.206. The molecule has 0 N–H and O–H groups in total. The first-order valence-corrected chi connectivity index (χ1v) is 7.56. The van der Waals surface area contributed by atoms with Crippen LogP contribution < -0.4 is 9.64 Å². The molecule has 0 bridgehead atoms. The molecule has 104 valence electrons. The van der Waals surface area contributed by atoms with E-state index in [1.54, 1.807) is 0 Å². The number of nitrogens with zero attached hydrogens (tertiary/aromatic N) is 2. The Labute approximate surface area is 119 Å². The lowest BCUT2D eigenvalue weighted by molar-refractivity contribution is 0.234. The lowest BCUT2D eigenvalue weighted by atomic mass is 9.92. The fourth-order valence-corrected chi connectivity index (χ4v) is 3.67. The summed E-state index contributed by atoms with van der Waals surface area (Å²) < 4.78 is 6.11. The molecule has 1 atom stereocenters. The smallest absolute Gasteiger partial charge is 0.131 e. The molecule has 1 unspecified atom stereocenters. The van der Waals surface area contributed by atoms with E-state index < -0.39 is 0 Å². The molecule has 0 radical (unpaired) electrons. The van der Waals surface area contributed by atoms with Crippen molar-refractivity contribution >= 4 is 16.6 Å². The van der Waals surface area contributed by atoms with Crippen LogP contribution in [-0.2, 0) is 12.8 Å². The highest BCUT2D eigenvalue weighted by molar-refractivity contribution is 5.99. The summed E-state index contributed by atoms with van der Waals surface area (Å²) in [6, 6.07) is 6.25. The second kappa shape index (κ2) is 4.37. The summed E-state index contributed by atoms with van der Waals surface area (Å²) in [5.41, 5.74) is 5.21. The molecule has 2 aromatic rings. The van der Waals surface area contributed by atoms with Crippen LogP contribution in [0.1, 0.15) is 31.0 Å². The second-order valence-electron chi connectivity index (χ2n) is 6.05. The van der Waals surface area contributed by atoms with Crippen molar-refractivity contribution < 1.29 is 4.74 Å². The summed E-state index contributed by atoms with van der Waals surface area (Å²) in [4.78, 5) is 7.28. The molecule has 1 aliphatic carbocycles. The van der Waals surface area contributed by atoms with E-state index >= 15 is 0 Å². The molecule has 0 amide bonds. The summed E-state index contributed by atoms with van der Waals surface area (Å²) in [7, 11) is 2.19. The maximum Gasteiger partial charge on any atom is 0.131 e. The first-order valence-electron chi connectivity index (χ1n) is 7.56. The van der Waals surface area contributed by atoms with Crippen LogP contribution in [0.4, 0.5) is 5.69 Å². The largest absolute Gasteiger partial charge is 0.488 e. The number of pyridine rings is 1. The van der Waals surface area contributed by atoms with Crippen molar-refractivity contribution in [2.75, 3.05) is 18.5 Å². The Morgan fingerprint density at radius 2 is 2.10 bits per heavy atom. The third-order valence-corrected chi connectivity index (χ3v) is 4.46. The first kappa shape index (κ1) is 12.0. The number of anilines is 1. The fraction of sp³-hybridized carbons (Fsp3) is 0.471. The number of aromatic nitrogens is 1. The van der Waals surface area contributed by atoms with Gasteiger partial charge in [0.2, 0.25) is 0 Å². The van der Waals surface area contributed by atoms with Gasteiger partial charge < -0.3 is 9.64 Å². The Balaban J connectivity index is 2.09. The number of fused-ring (bicyclic) bond motifs is 2. The minimum atomic E-state index is 0.206. The van der Waals surface area contributed by atoms with E-state index in [0.29, 0.717) is 0 Å². The summed E-state index contributed by atoms with van der Waals surface area (Å²) in [5, 5.41) is 1.21. The van der Waals surface area contributed by atoms with Crippen LogP contribution in [0.5, 0.6) is 5.75 Å². The first-order chi connectivity index (χ1) is 9.74. The maximum atomic E-state index is 6.11. The van der Waals surface area contributed by atoms with Crippen molar-refractivity contribution in [3.05, 3.63) is 29.5 Å². The fourth-order valence-electron chi connectivity index (χ4n) is 3.67. The molecule has 0 saturated carbocycles. The van der Waals surface area contributed by atoms with Crippen molar-refractivity contribution in [1.82, 2.24) is 4.98 Å². The Morgan fingerprint density at radius 3 is 3.00 bits per heavy atom. The van der Waals surface area contributed by atoms with Gasteiger partial charge in [0, 0.05) is 12.7 Å². The van der Waals surface area contributed by atoms with Crippen molar-refractivity contribution in [2.24, 2.45) is 0 Å². The van der Waals surface area contributed by atoms with E-state index in [9.17, 15) is 0 Å². The molecule has 3 heteroatoms. The summed E-state index contributed by atoms with van der Waals surface area (Å²) in [6.07, 6.45) is 5.02. The highest BCUT2D eigenvalue weighted by Gasteiger charge is 2.26. The number of aryl methyl sites for hydroxylation is 1. The third kappa shape index (κ3) is 1.69. The number of ether oxygens (including phenoxy) is 1. The van der Waals surface area contributed by atoms with Crippen LogP contribution in [0.25, 0.3) is 10.9 Å². The van der Waals surface area contributed by atoms with Gasteiger partial charge in [0.15, 0.2) is 0 Å². The summed E-state index contributed by atoms with van der Waals surface area (Å²) in [6.45, 7) is 3.07. The molecule has 0 saturated heterocycles. The van der Waals surface area contributed by atoms with E-state index in [-0.39, 0.29) is 6.10 Å². The van der Waals surface area contributed by atoms with Gasteiger partial charge in [0.25, 0.3) is 0 Å². The molecule has 0 spiro atoms. The molecule has 20 heavy (non-hydrogen) atoms. The molecule has 1 aromatic heterocycles. The Morgan fingerprint density at radius 1 is 1.25 bits per heavy atom. The predicted molar refractivity (Wildman–Crippen MR) is 81.7 cm³/mol. The zero-order chi connectivity index (χ0) is 13.7. The van der Waals surface area contributed by atoms with Crippen molar-refractivity contribution in [1.29, 1.82) is 0 Å². The zero-order valence-corrected chi connectivity index (χ0v) is 12.1. The standard InChI is InChI=1S/C17H20N2O/c1-11-10-19(2)17-12-6-3-4-7-13(12)18-14-8-5-9-15(20-11)16(14)17/h5,8-9,11H,3-4,6-7,10H2,1-2H3. The van der Waals surface area contributed by atoms with Gasteiger partial charge in [-0.15, -0.1) is 0 Å². The summed E-state index contributed by atoms with van der Waals surface area (Å²) in [5.74, 6) is 0.996. The van der Waals surface area contributed by atoms with Gasteiger partial charge in [-0.2, -0.15) is 0 Å². The Hall–Kier alpha value is -1.77. The molecule has 0 fully saturated rings. The molecule has 1 aliphatic heterocycles. The van der Waals surface area contributed by atoms with Gasteiger partial charge in [-0.1, -0.05) is 6.07 Å². The van der Waals surface area contributed by atoms with Crippen LogP contribution in [0.2, 0.25) is 0 Å². The lowest BCUT2D eigenvalue weighted by Crippen LogP contribution is -2.30. The average Bonchev–Trinajstić information content (AvgIpc) is 2.57. The van der Waals surface area contributed by atoms with E-state index in [1.165, 1.54) is 35.2 Å². The van der Waals surface area contributed by atoms with E-state index in [1.807, 2.05) is 0 Å².